The Morgan fingerprint density at radius 3 is 2.89 bits per heavy atom. The number of nitrogens with zero attached hydrogens (tertiary/aromatic N) is 1. The van der Waals surface area contributed by atoms with Crippen LogP contribution in [0.1, 0.15) is 18.9 Å². The van der Waals surface area contributed by atoms with Crippen LogP contribution in [0.15, 0.2) is 33.8 Å². The Kier molecular flexibility index (Phi) is 4.19. The highest BCUT2D eigenvalue weighted by molar-refractivity contribution is 9.10. The number of hydrogen-bond donors (Lipinski definition) is 1. The van der Waals surface area contributed by atoms with Crippen LogP contribution in [0, 0.1) is 0 Å². The molecule has 0 amide bonds. The van der Waals surface area contributed by atoms with Crippen molar-refractivity contribution in [3.05, 3.63) is 34.3 Å². The third kappa shape index (κ3) is 3.22. The fourth-order valence-corrected chi connectivity index (χ4v) is 1.77. The highest BCUT2D eigenvalue weighted by Crippen LogP contribution is 2.15. The summed E-state index contributed by atoms with van der Waals surface area (Å²) < 4.78 is 11.4. The van der Waals surface area contributed by atoms with Gasteiger partial charge in [0.15, 0.2) is 6.23 Å². The second-order valence-electron chi connectivity index (χ2n) is 3.67. The molecule has 0 saturated heterocycles. The highest BCUT2D eigenvalue weighted by atomic mass is 79.9. The number of halogens is 1. The van der Waals surface area contributed by atoms with E-state index in [1.807, 2.05) is 24.3 Å². The van der Waals surface area contributed by atoms with Crippen LogP contribution in [0.25, 0.3) is 0 Å². The third-order valence-electron chi connectivity index (χ3n) is 2.31. The van der Waals surface area contributed by atoms with Gasteiger partial charge < -0.3 is 9.47 Å². The predicted octanol–water partition coefficient (Wildman–Crippen LogP) is 2.01. The normalized spacial score (nSPS) is 17.7. The molecule has 1 unspecified atom stereocenters. The van der Waals surface area contributed by atoms with Crippen LogP contribution in [-0.4, -0.2) is 24.7 Å². The maximum absolute atomic E-state index is 11.3. The van der Waals surface area contributed by atoms with Gasteiger partial charge in [0.05, 0.1) is 6.61 Å². The summed E-state index contributed by atoms with van der Waals surface area (Å²) in [5, 5.41) is 4.05. The minimum Gasteiger partial charge on any atom is -0.466 e. The number of benzene rings is 1. The number of nitrogens with one attached hydrogen (secondary N) is 1. The van der Waals surface area contributed by atoms with Gasteiger partial charge in [0.2, 0.25) is 5.90 Å². The van der Waals surface area contributed by atoms with E-state index >= 15 is 0 Å². The summed E-state index contributed by atoms with van der Waals surface area (Å²) in [6.45, 7) is 2.14. The molecule has 5 nitrogen and oxygen atoms in total. The maximum Gasteiger partial charge on any atom is 0.311 e. The van der Waals surface area contributed by atoms with E-state index in [0.717, 1.165) is 10.0 Å². The van der Waals surface area contributed by atoms with Gasteiger partial charge in [-0.25, -0.2) is 0 Å². The van der Waals surface area contributed by atoms with Gasteiger partial charge in [-0.1, -0.05) is 15.9 Å². The van der Waals surface area contributed by atoms with Crippen LogP contribution in [-0.2, 0) is 14.3 Å². The quantitative estimate of drug-likeness (QED) is 0.864. The first kappa shape index (κ1) is 12.9. The summed E-state index contributed by atoms with van der Waals surface area (Å²) in [6, 6.07) is 7.58. The van der Waals surface area contributed by atoms with Crippen LogP contribution in [0.5, 0.6) is 0 Å². The molecule has 0 radical (unpaired) electrons. The van der Waals surface area contributed by atoms with Gasteiger partial charge >= 0.3 is 5.97 Å². The van der Waals surface area contributed by atoms with Gasteiger partial charge in [-0.05, 0) is 31.2 Å². The average Bonchev–Trinajstić information content (AvgIpc) is 2.78. The summed E-state index contributed by atoms with van der Waals surface area (Å²) in [5.74, 6) is 0.180. The van der Waals surface area contributed by atoms with Crippen molar-refractivity contribution in [3.63, 3.8) is 0 Å². The van der Waals surface area contributed by atoms with Crippen molar-refractivity contribution < 1.29 is 14.3 Å². The summed E-state index contributed by atoms with van der Waals surface area (Å²) >= 11 is 3.36. The molecule has 0 saturated carbocycles. The lowest BCUT2D eigenvalue weighted by Gasteiger charge is -2.10. The first-order chi connectivity index (χ1) is 8.69. The number of carbonyl (C=O) groups excluding carboxylic acids is 1. The minimum atomic E-state index is -0.456. The lowest BCUT2D eigenvalue weighted by molar-refractivity contribution is -0.145. The zero-order valence-corrected chi connectivity index (χ0v) is 11.4. The van der Waals surface area contributed by atoms with Crippen LogP contribution in [0.2, 0.25) is 0 Å². The topological polar surface area (TPSA) is 59.9 Å². The van der Waals surface area contributed by atoms with E-state index in [0.29, 0.717) is 12.5 Å². The van der Waals surface area contributed by atoms with Crippen molar-refractivity contribution in [3.8, 4) is 0 Å². The molecule has 1 aliphatic heterocycles. The molecule has 0 aromatic heterocycles. The van der Waals surface area contributed by atoms with Crippen LogP contribution >= 0.6 is 15.9 Å². The third-order valence-corrected chi connectivity index (χ3v) is 2.84. The van der Waals surface area contributed by atoms with Crippen LogP contribution in [0.3, 0.4) is 0 Å². The Balaban J connectivity index is 1.91. The molecular formula is C12H13BrN2O3. The van der Waals surface area contributed by atoms with Gasteiger partial charge in [-0.3, -0.25) is 10.2 Å². The Bertz CT molecular complexity index is 459. The number of ether oxygens (including phenoxy) is 2. The van der Waals surface area contributed by atoms with Crippen molar-refractivity contribution in [1.82, 2.24) is 5.43 Å². The number of hydrazone groups is 1. The highest BCUT2D eigenvalue weighted by Gasteiger charge is 2.23. The Morgan fingerprint density at radius 2 is 2.22 bits per heavy atom. The fourth-order valence-electron chi connectivity index (χ4n) is 1.50. The zero-order valence-electron chi connectivity index (χ0n) is 9.85. The maximum atomic E-state index is 11.3. The molecule has 1 N–H and O–H groups in total. The molecule has 0 fully saturated rings. The van der Waals surface area contributed by atoms with Crippen LogP contribution in [0.4, 0.5) is 0 Å². The molecule has 1 atom stereocenters. The van der Waals surface area contributed by atoms with Gasteiger partial charge in [0, 0.05) is 10.0 Å². The lowest BCUT2D eigenvalue weighted by atomic mass is 10.2. The molecule has 18 heavy (non-hydrogen) atoms. The minimum absolute atomic E-state index is 0.136. The number of rotatable bonds is 4. The molecule has 2 rings (SSSR count). The first-order valence-electron chi connectivity index (χ1n) is 5.60. The van der Waals surface area contributed by atoms with Crippen molar-refractivity contribution in [1.29, 1.82) is 0 Å². The molecule has 96 valence electrons. The fraction of sp³-hybridized carbons (Fsp3) is 0.333. The average molecular weight is 313 g/mol. The molecule has 0 bridgehead atoms. The van der Waals surface area contributed by atoms with Crippen molar-refractivity contribution in [2.45, 2.75) is 19.6 Å². The van der Waals surface area contributed by atoms with Gasteiger partial charge in [-0.15, -0.1) is 5.10 Å². The predicted molar refractivity (Wildman–Crippen MR) is 69.9 cm³/mol. The zero-order chi connectivity index (χ0) is 13.0. The van der Waals surface area contributed by atoms with Crippen molar-refractivity contribution in [2.75, 3.05) is 6.61 Å². The summed E-state index contributed by atoms with van der Waals surface area (Å²) in [5.41, 5.74) is 3.62. The summed E-state index contributed by atoms with van der Waals surface area (Å²) in [4.78, 5) is 11.3. The Labute approximate surface area is 113 Å². The van der Waals surface area contributed by atoms with E-state index in [2.05, 4.69) is 26.5 Å². The molecule has 0 spiro atoms. The smallest absolute Gasteiger partial charge is 0.311 e. The molecule has 1 aromatic rings. The molecule has 1 aromatic carbocycles. The summed E-state index contributed by atoms with van der Waals surface area (Å²) in [6.07, 6.45) is -0.320. The van der Waals surface area contributed by atoms with Crippen LogP contribution < -0.4 is 5.43 Å². The Morgan fingerprint density at radius 1 is 1.50 bits per heavy atom. The molecule has 0 aliphatic carbocycles. The van der Waals surface area contributed by atoms with Gasteiger partial charge in [0.25, 0.3) is 0 Å². The lowest BCUT2D eigenvalue weighted by Crippen LogP contribution is -2.26. The van der Waals surface area contributed by atoms with E-state index in [-0.39, 0.29) is 12.4 Å². The van der Waals surface area contributed by atoms with E-state index in [1.165, 1.54) is 0 Å². The van der Waals surface area contributed by atoms with E-state index in [4.69, 9.17) is 9.47 Å². The first-order valence-corrected chi connectivity index (χ1v) is 6.39. The standard InChI is InChI=1S/C12H13BrN2O3/c1-2-17-11(16)7-10-14-15-12(18-10)8-3-5-9(13)6-4-8/h3-6,10,14H,2,7H2,1H3. The second kappa shape index (κ2) is 5.86. The second-order valence-corrected chi connectivity index (χ2v) is 4.58. The molecule has 6 heteroatoms. The van der Waals surface area contributed by atoms with E-state index in [1.54, 1.807) is 6.92 Å². The molecule has 1 aliphatic rings. The monoisotopic (exact) mass is 312 g/mol. The van der Waals surface area contributed by atoms with Crippen molar-refractivity contribution in [2.24, 2.45) is 5.10 Å². The number of hydrogen-bond acceptors (Lipinski definition) is 5. The number of carbonyl (C=O) groups is 1. The van der Waals surface area contributed by atoms with E-state index < -0.39 is 6.23 Å². The SMILES string of the molecule is CCOC(=O)CC1NN=C(c2ccc(Br)cc2)O1. The van der Waals surface area contributed by atoms with Gasteiger partial charge in [-0.2, -0.15) is 0 Å². The summed E-state index contributed by atoms with van der Waals surface area (Å²) in [7, 11) is 0. The molecule has 1 heterocycles. The largest absolute Gasteiger partial charge is 0.466 e. The van der Waals surface area contributed by atoms with Crippen molar-refractivity contribution >= 4 is 27.8 Å². The Hall–Kier alpha value is -1.56. The van der Waals surface area contributed by atoms with Gasteiger partial charge in [0.1, 0.15) is 6.42 Å². The molecular weight excluding hydrogens is 300 g/mol. The number of esters is 1. The van der Waals surface area contributed by atoms with E-state index in [9.17, 15) is 4.79 Å².